The molecule has 0 spiro atoms. The minimum atomic E-state index is -0.931. The first-order valence-corrected chi connectivity index (χ1v) is 24.6. The summed E-state index contributed by atoms with van der Waals surface area (Å²) >= 11 is 0. The molecular weight excluding hydrogens is 723 g/mol. The summed E-state index contributed by atoms with van der Waals surface area (Å²) in [6.45, 7) is 4.71. The molecule has 1 amide bonds. The fourth-order valence-corrected chi connectivity index (χ4v) is 8.44. The summed E-state index contributed by atoms with van der Waals surface area (Å²) in [5, 5.41) is 14.9. The highest BCUT2D eigenvalue weighted by Crippen LogP contribution is 2.40. The van der Waals surface area contributed by atoms with E-state index in [-0.39, 0.29) is 12.5 Å². The summed E-state index contributed by atoms with van der Waals surface area (Å²) in [7, 11) is 0. The molecule has 3 aromatic carbocycles. The summed E-state index contributed by atoms with van der Waals surface area (Å²) < 4.78 is 7.11. The Hall–Kier alpha value is -3.21. The predicted octanol–water partition coefficient (Wildman–Crippen LogP) is 15.4. The Morgan fingerprint density at radius 2 is 0.864 bits per heavy atom. The van der Waals surface area contributed by atoms with Crippen LogP contribution in [-0.4, -0.2) is 29.8 Å². The predicted molar refractivity (Wildman–Crippen MR) is 253 cm³/mol. The highest BCUT2D eigenvalue weighted by Gasteiger charge is 2.38. The van der Waals surface area contributed by atoms with Crippen molar-refractivity contribution in [2.45, 2.75) is 211 Å². The monoisotopic (exact) mass is 808 g/mol. The lowest BCUT2D eigenvalue weighted by molar-refractivity contribution is -0.123. The summed E-state index contributed by atoms with van der Waals surface area (Å²) in [5.41, 5.74) is 2.07. The molecule has 0 radical (unpaired) electrons. The van der Waals surface area contributed by atoms with Gasteiger partial charge in [0, 0.05) is 6.42 Å². The molecule has 0 unspecified atom stereocenters. The van der Waals surface area contributed by atoms with E-state index in [1.54, 1.807) is 0 Å². The Morgan fingerprint density at radius 1 is 0.525 bits per heavy atom. The van der Waals surface area contributed by atoms with Gasteiger partial charge in [-0.25, -0.2) is 0 Å². The second-order valence-electron chi connectivity index (χ2n) is 17.2. The maximum absolute atomic E-state index is 13.5. The van der Waals surface area contributed by atoms with Crippen molar-refractivity contribution in [3.8, 4) is 0 Å². The molecule has 0 aliphatic carbocycles. The number of benzene rings is 3. The topological polar surface area (TPSA) is 58.6 Å². The van der Waals surface area contributed by atoms with Gasteiger partial charge in [0.25, 0.3) is 0 Å². The van der Waals surface area contributed by atoms with Crippen LogP contribution < -0.4 is 5.32 Å². The third-order valence-corrected chi connectivity index (χ3v) is 12.1. The highest BCUT2D eigenvalue weighted by atomic mass is 16.5. The number of amides is 1. The van der Waals surface area contributed by atoms with Crippen LogP contribution >= 0.6 is 0 Å². The summed E-state index contributed by atoms with van der Waals surface area (Å²) in [6.07, 6.45) is 38.4. The molecule has 328 valence electrons. The van der Waals surface area contributed by atoms with Crippen LogP contribution in [0.4, 0.5) is 0 Å². The first kappa shape index (κ1) is 50.1. The number of aliphatic hydroxyl groups is 1. The van der Waals surface area contributed by atoms with E-state index in [4.69, 9.17) is 4.74 Å². The van der Waals surface area contributed by atoms with E-state index in [1.807, 2.05) is 60.7 Å². The van der Waals surface area contributed by atoms with Crippen molar-refractivity contribution in [3.05, 3.63) is 120 Å². The molecular formula is C55H85NO3. The Labute approximate surface area is 362 Å². The zero-order valence-corrected chi connectivity index (χ0v) is 37.7. The van der Waals surface area contributed by atoms with Crippen LogP contribution in [0.15, 0.2) is 103 Å². The van der Waals surface area contributed by atoms with E-state index in [0.29, 0.717) is 6.42 Å². The van der Waals surface area contributed by atoms with E-state index >= 15 is 0 Å². The molecule has 0 saturated heterocycles. The van der Waals surface area contributed by atoms with Crippen LogP contribution in [-0.2, 0) is 15.1 Å². The fraction of sp³-hybridized carbons (Fsp3) is 0.618. The van der Waals surface area contributed by atoms with Gasteiger partial charge in [-0.3, -0.25) is 4.79 Å². The number of rotatable bonds is 37. The van der Waals surface area contributed by atoms with Gasteiger partial charge in [-0.15, -0.1) is 0 Å². The van der Waals surface area contributed by atoms with Crippen molar-refractivity contribution < 1.29 is 14.6 Å². The number of nitrogens with one attached hydrogen (secondary N) is 1. The Balaban J connectivity index is 1.55. The molecule has 4 heteroatoms. The molecule has 0 aromatic heterocycles. The van der Waals surface area contributed by atoms with E-state index in [9.17, 15) is 9.90 Å². The van der Waals surface area contributed by atoms with Crippen LogP contribution in [0.25, 0.3) is 0 Å². The summed E-state index contributed by atoms with van der Waals surface area (Å²) in [4.78, 5) is 13.5. The zero-order valence-electron chi connectivity index (χ0n) is 37.7. The van der Waals surface area contributed by atoms with Crippen molar-refractivity contribution in [2.75, 3.05) is 6.61 Å². The number of hydrogen-bond donors (Lipinski definition) is 2. The molecule has 0 aliphatic rings. The molecule has 3 aromatic rings. The number of carbonyl (C=O) groups excluding carboxylic acids is 1. The second-order valence-corrected chi connectivity index (χ2v) is 17.2. The van der Waals surface area contributed by atoms with Crippen molar-refractivity contribution in [3.63, 3.8) is 0 Å². The van der Waals surface area contributed by atoms with E-state index in [1.165, 1.54) is 148 Å². The van der Waals surface area contributed by atoms with Crippen molar-refractivity contribution in [1.29, 1.82) is 0 Å². The van der Waals surface area contributed by atoms with Crippen LogP contribution in [0.2, 0.25) is 0 Å². The van der Waals surface area contributed by atoms with Crippen molar-refractivity contribution in [1.82, 2.24) is 5.32 Å². The van der Waals surface area contributed by atoms with Crippen LogP contribution in [0, 0.1) is 0 Å². The Bertz CT molecular complexity index is 1330. The lowest BCUT2D eigenvalue weighted by atomic mass is 9.80. The van der Waals surface area contributed by atoms with Crippen molar-refractivity contribution >= 4 is 5.91 Å². The smallest absolute Gasteiger partial charge is 0.220 e. The summed E-state index contributed by atoms with van der Waals surface area (Å²) in [6, 6.07) is 30.4. The number of aliphatic hydroxyl groups excluding tert-OH is 1. The number of unbranched alkanes of at least 4 members (excludes halogenated alkanes) is 25. The Kier molecular flexibility index (Phi) is 28.5. The molecule has 4 nitrogen and oxygen atoms in total. The van der Waals surface area contributed by atoms with E-state index < -0.39 is 17.7 Å². The first-order chi connectivity index (χ1) is 29.1. The molecule has 2 N–H and O–H groups in total. The average molecular weight is 808 g/mol. The van der Waals surface area contributed by atoms with Gasteiger partial charge in [-0.2, -0.15) is 0 Å². The summed E-state index contributed by atoms with van der Waals surface area (Å²) in [5.74, 6) is -0.0177. The number of carbonyl (C=O) groups is 1. The molecule has 0 fully saturated rings. The average Bonchev–Trinajstić information content (AvgIpc) is 3.27. The highest BCUT2D eigenvalue weighted by molar-refractivity contribution is 5.76. The lowest BCUT2D eigenvalue weighted by Crippen LogP contribution is -2.48. The standard InChI is InChI=1S/C55H85NO3/c1-3-5-7-9-11-13-15-17-18-20-22-24-26-28-39-47-54(58)56-52(53(57)46-38-27-25-23-21-19-16-14-12-10-8-6-4-2)48-59-55(49-40-32-29-33-41-49,50-42-34-30-35-43-50)51-44-36-31-37-45-51/h29-38,40-46,52-53,57H,3-28,39,47-48H2,1-2H3,(H,56,58)/b46-38+/t52-,53+/m0/s1. The first-order valence-electron chi connectivity index (χ1n) is 24.6. The normalized spacial score (nSPS) is 12.9. The molecule has 3 rings (SSSR count). The van der Waals surface area contributed by atoms with E-state index in [0.717, 1.165) is 42.4 Å². The third kappa shape index (κ3) is 21.2. The van der Waals surface area contributed by atoms with Gasteiger partial charge in [-0.1, -0.05) is 271 Å². The van der Waals surface area contributed by atoms with Crippen LogP contribution in [0.5, 0.6) is 0 Å². The zero-order chi connectivity index (χ0) is 41.9. The molecule has 0 aliphatic heterocycles. The minimum Gasteiger partial charge on any atom is -0.387 e. The molecule has 0 heterocycles. The maximum Gasteiger partial charge on any atom is 0.220 e. The van der Waals surface area contributed by atoms with Crippen LogP contribution in [0.3, 0.4) is 0 Å². The largest absolute Gasteiger partial charge is 0.387 e. The van der Waals surface area contributed by atoms with Gasteiger partial charge >= 0.3 is 0 Å². The fourth-order valence-electron chi connectivity index (χ4n) is 8.44. The van der Waals surface area contributed by atoms with Crippen LogP contribution in [0.1, 0.15) is 210 Å². The maximum atomic E-state index is 13.5. The van der Waals surface area contributed by atoms with E-state index in [2.05, 4.69) is 61.6 Å². The van der Waals surface area contributed by atoms with Gasteiger partial charge in [0.1, 0.15) is 5.60 Å². The SMILES string of the molecule is CCCCCCCCCCCCC/C=C/[C@@H](O)[C@H](COC(c1ccccc1)(c1ccccc1)c1ccccc1)NC(=O)CCCCCCCCCCCCCCCCC. The number of ether oxygens (including phenoxy) is 1. The van der Waals surface area contributed by atoms with Gasteiger partial charge in [0.2, 0.25) is 5.91 Å². The minimum absolute atomic E-state index is 0.0177. The van der Waals surface area contributed by atoms with Crippen molar-refractivity contribution in [2.24, 2.45) is 0 Å². The van der Waals surface area contributed by atoms with Gasteiger partial charge in [0.15, 0.2) is 0 Å². The quantitative estimate of drug-likeness (QED) is 0.0347. The molecule has 0 bridgehead atoms. The molecule has 59 heavy (non-hydrogen) atoms. The van der Waals surface area contributed by atoms with Gasteiger partial charge in [0.05, 0.1) is 18.8 Å². The number of hydrogen-bond acceptors (Lipinski definition) is 3. The Morgan fingerprint density at radius 3 is 1.24 bits per heavy atom. The number of allylic oxidation sites excluding steroid dienone is 1. The third-order valence-electron chi connectivity index (χ3n) is 12.1. The van der Waals surface area contributed by atoms with Gasteiger partial charge < -0.3 is 15.2 Å². The lowest BCUT2D eigenvalue weighted by Gasteiger charge is -2.37. The molecule has 2 atom stereocenters. The van der Waals surface area contributed by atoms with Gasteiger partial charge in [-0.05, 0) is 36.0 Å². The molecule has 0 saturated carbocycles. The second kappa shape index (κ2) is 33.5.